The first-order valence-corrected chi connectivity index (χ1v) is 6.31. The van der Waals surface area contributed by atoms with Gasteiger partial charge in [0.05, 0.1) is 7.11 Å². The zero-order valence-corrected chi connectivity index (χ0v) is 11.3. The van der Waals surface area contributed by atoms with Gasteiger partial charge in [-0.15, -0.1) is 0 Å². The number of hydrogen-bond acceptors (Lipinski definition) is 3. The number of methoxy groups -OCH3 is 1. The van der Waals surface area contributed by atoms with Crippen LogP contribution < -0.4 is 10.1 Å². The van der Waals surface area contributed by atoms with Crippen LogP contribution in [0, 0.1) is 5.82 Å². The summed E-state index contributed by atoms with van der Waals surface area (Å²) in [6, 6.07) is 4.91. The van der Waals surface area contributed by atoms with E-state index in [9.17, 15) is 4.39 Å². The molecule has 0 radical (unpaired) electrons. The molecule has 4 heteroatoms. The monoisotopic (exact) mass is 255 g/mol. The van der Waals surface area contributed by atoms with Gasteiger partial charge in [-0.05, 0) is 26.0 Å². The lowest BCUT2D eigenvalue weighted by Crippen LogP contribution is -2.19. The molecule has 102 valence electrons. The van der Waals surface area contributed by atoms with Crippen LogP contribution in [0.15, 0.2) is 18.2 Å². The second-order valence-electron chi connectivity index (χ2n) is 4.13. The first kappa shape index (κ1) is 14.9. The van der Waals surface area contributed by atoms with E-state index in [1.54, 1.807) is 12.1 Å². The van der Waals surface area contributed by atoms with Crippen molar-refractivity contribution in [1.82, 2.24) is 5.32 Å². The minimum Gasteiger partial charge on any atom is -0.497 e. The Kier molecular flexibility index (Phi) is 6.68. The second kappa shape index (κ2) is 8.06. The second-order valence-corrected chi connectivity index (χ2v) is 4.13. The Morgan fingerprint density at radius 2 is 2.11 bits per heavy atom. The van der Waals surface area contributed by atoms with Crippen LogP contribution in [0.5, 0.6) is 5.75 Å². The van der Waals surface area contributed by atoms with Gasteiger partial charge in [0.25, 0.3) is 0 Å². The molecule has 0 saturated carbocycles. The van der Waals surface area contributed by atoms with Crippen LogP contribution in [-0.2, 0) is 4.74 Å². The standard InChI is InChI=1S/C14H22FNO2/c1-4-8-18-9-7-14(16-2)12-6-5-11(17-3)10-13(12)15/h5-6,10,14,16H,4,7-9H2,1-3H3. The number of rotatable bonds is 8. The highest BCUT2D eigenvalue weighted by atomic mass is 19.1. The molecule has 1 unspecified atom stereocenters. The first-order chi connectivity index (χ1) is 8.72. The molecular formula is C14H22FNO2. The number of hydrogen-bond donors (Lipinski definition) is 1. The van der Waals surface area contributed by atoms with Crippen molar-refractivity contribution < 1.29 is 13.9 Å². The van der Waals surface area contributed by atoms with Gasteiger partial charge in [0.15, 0.2) is 0 Å². The summed E-state index contributed by atoms with van der Waals surface area (Å²) >= 11 is 0. The molecule has 1 aromatic rings. The van der Waals surface area contributed by atoms with Gasteiger partial charge in [-0.3, -0.25) is 0 Å². The summed E-state index contributed by atoms with van der Waals surface area (Å²) in [5.74, 6) is 0.289. The lowest BCUT2D eigenvalue weighted by molar-refractivity contribution is 0.125. The van der Waals surface area contributed by atoms with Gasteiger partial charge in [-0.25, -0.2) is 4.39 Å². The Labute approximate surface area is 108 Å². The lowest BCUT2D eigenvalue weighted by atomic mass is 10.0. The van der Waals surface area contributed by atoms with Crippen molar-refractivity contribution in [3.05, 3.63) is 29.6 Å². The highest BCUT2D eigenvalue weighted by molar-refractivity contribution is 5.30. The van der Waals surface area contributed by atoms with E-state index >= 15 is 0 Å². The molecule has 18 heavy (non-hydrogen) atoms. The van der Waals surface area contributed by atoms with Crippen molar-refractivity contribution in [2.45, 2.75) is 25.8 Å². The molecule has 0 aliphatic carbocycles. The maximum atomic E-state index is 13.9. The third-order valence-corrected chi connectivity index (χ3v) is 2.83. The van der Waals surface area contributed by atoms with Crippen LogP contribution >= 0.6 is 0 Å². The average Bonchev–Trinajstić information content (AvgIpc) is 2.39. The van der Waals surface area contributed by atoms with E-state index in [4.69, 9.17) is 9.47 Å². The van der Waals surface area contributed by atoms with Gasteiger partial charge in [0.2, 0.25) is 0 Å². The molecule has 1 rings (SSSR count). The van der Waals surface area contributed by atoms with E-state index in [2.05, 4.69) is 12.2 Å². The summed E-state index contributed by atoms with van der Waals surface area (Å²) < 4.78 is 24.3. The molecule has 0 spiro atoms. The Bertz CT molecular complexity index is 358. The minimum absolute atomic E-state index is 0.0345. The van der Waals surface area contributed by atoms with Crippen molar-refractivity contribution in [3.8, 4) is 5.75 Å². The molecule has 0 fully saturated rings. The lowest BCUT2D eigenvalue weighted by Gasteiger charge is -2.17. The van der Waals surface area contributed by atoms with Gasteiger partial charge in [-0.1, -0.05) is 13.0 Å². The van der Waals surface area contributed by atoms with Crippen molar-refractivity contribution in [1.29, 1.82) is 0 Å². The van der Waals surface area contributed by atoms with Crippen LogP contribution in [0.1, 0.15) is 31.4 Å². The molecule has 1 atom stereocenters. The van der Waals surface area contributed by atoms with Gasteiger partial charge in [0, 0.05) is 30.9 Å². The summed E-state index contributed by atoms with van der Waals surface area (Å²) in [5, 5.41) is 3.11. The van der Waals surface area contributed by atoms with E-state index in [0.29, 0.717) is 17.9 Å². The normalized spacial score (nSPS) is 12.4. The summed E-state index contributed by atoms with van der Waals surface area (Å²) in [7, 11) is 3.36. The Balaban J connectivity index is 2.63. The highest BCUT2D eigenvalue weighted by Crippen LogP contribution is 2.23. The predicted molar refractivity (Wildman–Crippen MR) is 70.5 cm³/mol. The first-order valence-electron chi connectivity index (χ1n) is 6.31. The van der Waals surface area contributed by atoms with Gasteiger partial charge in [-0.2, -0.15) is 0 Å². The topological polar surface area (TPSA) is 30.5 Å². The maximum Gasteiger partial charge on any atom is 0.131 e. The largest absolute Gasteiger partial charge is 0.497 e. The van der Waals surface area contributed by atoms with E-state index in [1.165, 1.54) is 13.2 Å². The van der Waals surface area contributed by atoms with E-state index in [1.807, 2.05) is 7.05 Å². The number of nitrogens with one attached hydrogen (secondary N) is 1. The van der Waals surface area contributed by atoms with Gasteiger partial charge < -0.3 is 14.8 Å². The molecule has 0 heterocycles. The molecule has 1 N–H and O–H groups in total. The molecule has 0 amide bonds. The molecule has 0 bridgehead atoms. The molecule has 1 aromatic carbocycles. The van der Waals surface area contributed by atoms with Crippen LogP contribution in [0.2, 0.25) is 0 Å². The Morgan fingerprint density at radius 3 is 2.67 bits per heavy atom. The molecule has 0 aliphatic rings. The van der Waals surface area contributed by atoms with Crippen LogP contribution in [0.4, 0.5) is 4.39 Å². The zero-order valence-electron chi connectivity index (χ0n) is 11.3. The molecule has 0 aliphatic heterocycles. The van der Waals surface area contributed by atoms with Crippen LogP contribution in [0.25, 0.3) is 0 Å². The summed E-state index contributed by atoms with van der Waals surface area (Å²) in [5.41, 5.74) is 0.651. The summed E-state index contributed by atoms with van der Waals surface area (Å²) in [6.45, 7) is 3.45. The zero-order chi connectivity index (χ0) is 13.4. The van der Waals surface area contributed by atoms with Gasteiger partial charge >= 0.3 is 0 Å². The fourth-order valence-electron chi connectivity index (χ4n) is 1.82. The predicted octanol–water partition coefficient (Wildman–Crippen LogP) is 2.91. The number of ether oxygens (including phenoxy) is 2. The average molecular weight is 255 g/mol. The maximum absolute atomic E-state index is 13.9. The van der Waals surface area contributed by atoms with Gasteiger partial charge in [0.1, 0.15) is 11.6 Å². The van der Waals surface area contributed by atoms with E-state index in [0.717, 1.165) is 19.4 Å². The Morgan fingerprint density at radius 1 is 1.33 bits per heavy atom. The number of benzene rings is 1. The molecule has 0 aromatic heterocycles. The molecular weight excluding hydrogens is 233 g/mol. The van der Waals surface area contributed by atoms with E-state index in [-0.39, 0.29) is 11.9 Å². The van der Waals surface area contributed by atoms with E-state index < -0.39 is 0 Å². The Hall–Kier alpha value is -1.13. The van der Waals surface area contributed by atoms with Crippen molar-refractivity contribution in [2.24, 2.45) is 0 Å². The minimum atomic E-state index is -0.246. The van der Waals surface area contributed by atoms with Crippen molar-refractivity contribution in [3.63, 3.8) is 0 Å². The third-order valence-electron chi connectivity index (χ3n) is 2.83. The summed E-state index contributed by atoms with van der Waals surface area (Å²) in [4.78, 5) is 0. The van der Waals surface area contributed by atoms with Crippen LogP contribution in [-0.4, -0.2) is 27.4 Å². The smallest absolute Gasteiger partial charge is 0.131 e. The fraction of sp³-hybridized carbons (Fsp3) is 0.571. The fourth-order valence-corrected chi connectivity index (χ4v) is 1.82. The number of halogens is 1. The van der Waals surface area contributed by atoms with Crippen molar-refractivity contribution >= 4 is 0 Å². The molecule has 0 saturated heterocycles. The van der Waals surface area contributed by atoms with Crippen LogP contribution in [0.3, 0.4) is 0 Å². The SMILES string of the molecule is CCCOCCC(NC)c1ccc(OC)cc1F. The quantitative estimate of drug-likeness (QED) is 0.724. The third kappa shape index (κ3) is 4.27. The molecule has 3 nitrogen and oxygen atoms in total. The highest BCUT2D eigenvalue weighted by Gasteiger charge is 2.14. The van der Waals surface area contributed by atoms with Crippen molar-refractivity contribution in [2.75, 3.05) is 27.4 Å². The summed E-state index contributed by atoms with van der Waals surface area (Å²) in [6.07, 6.45) is 1.75.